The molecule has 0 aromatic heterocycles. The van der Waals surface area contributed by atoms with Crippen LogP contribution in [0.3, 0.4) is 0 Å². The van der Waals surface area contributed by atoms with E-state index in [9.17, 15) is 9.59 Å². The standard InChI is InChI=1S/C25H30N2O4/c1-15-2-7-22(26-24(28)30-13-20-10-16-3-5-18(20)8-16)12-23(15)27-25(29)31-14-21-11-17-4-6-19(21)9-17/h2-7,12,16-21H,8-11,13-14H2,1H3,(H,26,28)(H,27,29). The summed E-state index contributed by atoms with van der Waals surface area (Å²) in [5.74, 6) is 3.27. The van der Waals surface area contributed by atoms with Gasteiger partial charge in [-0.05, 0) is 74.0 Å². The zero-order valence-corrected chi connectivity index (χ0v) is 17.9. The Kier molecular flexibility index (Phi) is 5.47. The number of aryl methyl sites for hydroxylation is 1. The maximum atomic E-state index is 12.3. The van der Waals surface area contributed by atoms with Crippen LogP contribution in [0, 0.1) is 42.4 Å². The molecule has 5 rings (SSSR count). The number of allylic oxidation sites excluding steroid dienone is 4. The fourth-order valence-corrected chi connectivity index (χ4v) is 5.67. The van der Waals surface area contributed by atoms with Crippen LogP contribution in [0.15, 0.2) is 42.5 Å². The largest absolute Gasteiger partial charge is 0.449 e. The van der Waals surface area contributed by atoms with Crippen LogP contribution in [0.4, 0.5) is 21.0 Å². The highest BCUT2D eigenvalue weighted by molar-refractivity contribution is 5.89. The van der Waals surface area contributed by atoms with Crippen LogP contribution >= 0.6 is 0 Å². The van der Waals surface area contributed by atoms with E-state index in [1.165, 1.54) is 12.8 Å². The van der Waals surface area contributed by atoms with Gasteiger partial charge in [-0.3, -0.25) is 10.6 Å². The molecule has 31 heavy (non-hydrogen) atoms. The normalized spacial score (nSPS) is 31.8. The van der Waals surface area contributed by atoms with E-state index >= 15 is 0 Å². The fourth-order valence-electron chi connectivity index (χ4n) is 5.67. The minimum absolute atomic E-state index is 0.426. The third-order valence-corrected chi connectivity index (χ3v) is 7.41. The van der Waals surface area contributed by atoms with Crippen LogP contribution in [0.25, 0.3) is 0 Å². The molecule has 2 fully saturated rings. The Morgan fingerprint density at radius 2 is 1.42 bits per heavy atom. The van der Waals surface area contributed by atoms with Gasteiger partial charge in [0, 0.05) is 23.2 Å². The summed E-state index contributed by atoms with van der Waals surface area (Å²) in [6.07, 6.45) is 12.7. The lowest BCUT2D eigenvalue weighted by Gasteiger charge is -2.19. The SMILES string of the molecule is Cc1ccc(NC(=O)OCC2CC3C=CC2C3)cc1NC(=O)OCC1CC2C=CC1C2. The van der Waals surface area contributed by atoms with Gasteiger partial charge < -0.3 is 9.47 Å². The number of nitrogens with one attached hydrogen (secondary N) is 2. The van der Waals surface area contributed by atoms with E-state index in [-0.39, 0.29) is 0 Å². The molecule has 6 heteroatoms. The van der Waals surface area contributed by atoms with E-state index in [1.54, 1.807) is 12.1 Å². The second-order valence-electron chi connectivity index (χ2n) is 9.56. The van der Waals surface area contributed by atoms with E-state index in [4.69, 9.17) is 9.47 Å². The summed E-state index contributed by atoms with van der Waals surface area (Å²) in [6.45, 7) is 2.79. The zero-order chi connectivity index (χ0) is 21.4. The highest BCUT2D eigenvalue weighted by Gasteiger charge is 2.37. The fraction of sp³-hybridized carbons (Fsp3) is 0.520. The van der Waals surface area contributed by atoms with Crippen molar-refractivity contribution in [3.05, 3.63) is 48.1 Å². The topological polar surface area (TPSA) is 76.7 Å². The molecular weight excluding hydrogens is 392 g/mol. The van der Waals surface area contributed by atoms with Crippen molar-refractivity contribution in [3.8, 4) is 0 Å². The number of carbonyl (C=O) groups is 2. The van der Waals surface area contributed by atoms with Crippen molar-refractivity contribution in [2.75, 3.05) is 23.8 Å². The molecule has 0 spiro atoms. The van der Waals surface area contributed by atoms with Crippen molar-refractivity contribution >= 4 is 23.6 Å². The second-order valence-corrected chi connectivity index (χ2v) is 9.56. The van der Waals surface area contributed by atoms with Crippen molar-refractivity contribution in [1.29, 1.82) is 0 Å². The van der Waals surface area contributed by atoms with Crippen LogP contribution in [-0.4, -0.2) is 25.4 Å². The number of hydrogen-bond donors (Lipinski definition) is 2. The second kappa shape index (κ2) is 8.40. The number of carbonyl (C=O) groups excluding carboxylic acids is 2. The molecule has 2 amide bonds. The van der Waals surface area contributed by atoms with Crippen molar-refractivity contribution in [2.45, 2.75) is 32.6 Å². The van der Waals surface area contributed by atoms with Gasteiger partial charge in [-0.15, -0.1) is 0 Å². The lowest BCUT2D eigenvalue weighted by atomic mass is 9.95. The number of rotatable bonds is 6. The molecule has 4 aliphatic carbocycles. The summed E-state index contributed by atoms with van der Waals surface area (Å²) < 4.78 is 10.9. The number of anilines is 2. The summed E-state index contributed by atoms with van der Waals surface area (Å²) in [4.78, 5) is 24.5. The van der Waals surface area contributed by atoms with E-state index in [2.05, 4.69) is 34.9 Å². The molecule has 2 N–H and O–H groups in total. The molecule has 4 bridgehead atoms. The molecule has 1 aromatic carbocycles. The third kappa shape index (κ3) is 4.48. The predicted molar refractivity (Wildman–Crippen MR) is 119 cm³/mol. The van der Waals surface area contributed by atoms with Gasteiger partial charge in [-0.2, -0.15) is 0 Å². The number of benzene rings is 1. The Morgan fingerprint density at radius 1 is 0.839 bits per heavy atom. The van der Waals surface area contributed by atoms with Crippen LogP contribution in [0.5, 0.6) is 0 Å². The van der Waals surface area contributed by atoms with Crippen molar-refractivity contribution in [3.63, 3.8) is 0 Å². The van der Waals surface area contributed by atoms with Crippen molar-refractivity contribution < 1.29 is 19.1 Å². The van der Waals surface area contributed by atoms with Gasteiger partial charge in [0.2, 0.25) is 0 Å². The minimum Gasteiger partial charge on any atom is -0.449 e. The Bertz CT molecular complexity index is 924. The number of amides is 2. The number of ether oxygens (including phenoxy) is 2. The van der Waals surface area contributed by atoms with Gasteiger partial charge in [0.1, 0.15) is 0 Å². The molecule has 1 aromatic rings. The monoisotopic (exact) mass is 422 g/mol. The van der Waals surface area contributed by atoms with E-state index < -0.39 is 12.2 Å². The molecule has 6 unspecified atom stereocenters. The molecule has 0 radical (unpaired) electrons. The van der Waals surface area contributed by atoms with Crippen LogP contribution in [0.1, 0.15) is 31.2 Å². The minimum atomic E-state index is -0.464. The molecule has 0 aliphatic heterocycles. The van der Waals surface area contributed by atoms with E-state index in [0.717, 1.165) is 18.4 Å². The molecule has 4 aliphatic rings. The number of fused-ring (bicyclic) bond motifs is 4. The van der Waals surface area contributed by atoms with Gasteiger partial charge in [-0.25, -0.2) is 9.59 Å². The summed E-state index contributed by atoms with van der Waals surface area (Å²) in [6, 6.07) is 5.39. The summed E-state index contributed by atoms with van der Waals surface area (Å²) >= 11 is 0. The average Bonchev–Trinajstić information content (AvgIpc) is 3.55. The van der Waals surface area contributed by atoms with E-state index in [1.807, 2.05) is 13.0 Å². The van der Waals surface area contributed by atoms with Gasteiger partial charge in [0.15, 0.2) is 0 Å². The molecule has 2 saturated carbocycles. The van der Waals surface area contributed by atoms with Gasteiger partial charge in [-0.1, -0.05) is 30.4 Å². The Hall–Kier alpha value is -2.76. The highest BCUT2D eigenvalue weighted by atomic mass is 16.6. The predicted octanol–water partition coefficient (Wildman–Crippen LogP) is 5.52. The third-order valence-electron chi connectivity index (χ3n) is 7.41. The maximum Gasteiger partial charge on any atom is 0.411 e. The first-order chi connectivity index (χ1) is 15.0. The Balaban J connectivity index is 1.10. The molecule has 0 saturated heterocycles. The molecule has 164 valence electrons. The summed E-state index contributed by atoms with van der Waals surface area (Å²) in [7, 11) is 0. The summed E-state index contributed by atoms with van der Waals surface area (Å²) in [5.41, 5.74) is 2.10. The van der Waals surface area contributed by atoms with Crippen LogP contribution < -0.4 is 10.6 Å². The first-order valence-electron chi connectivity index (χ1n) is 11.4. The summed E-state index contributed by atoms with van der Waals surface area (Å²) in [5, 5.41) is 5.57. The first kappa shape index (κ1) is 20.2. The number of hydrogen-bond acceptors (Lipinski definition) is 4. The lowest BCUT2D eigenvalue weighted by Crippen LogP contribution is -2.22. The van der Waals surface area contributed by atoms with Gasteiger partial charge in [0.25, 0.3) is 0 Å². The van der Waals surface area contributed by atoms with Crippen LogP contribution in [-0.2, 0) is 9.47 Å². The van der Waals surface area contributed by atoms with Crippen molar-refractivity contribution in [2.24, 2.45) is 35.5 Å². The Morgan fingerprint density at radius 3 is 1.94 bits per heavy atom. The molecular formula is C25H30N2O4. The molecule has 0 heterocycles. The van der Waals surface area contributed by atoms with Gasteiger partial charge in [0.05, 0.1) is 13.2 Å². The van der Waals surface area contributed by atoms with E-state index in [0.29, 0.717) is 60.1 Å². The average molecular weight is 423 g/mol. The Labute approximate surface area is 183 Å². The molecule has 6 nitrogen and oxygen atoms in total. The lowest BCUT2D eigenvalue weighted by molar-refractivity contribution is 0.133. The quantitative estimate of drug-likeness (QED) is 0.592. The van der Waals surface area contributed by atoms with Crippen molar-refractivity contribution in [1.82, 2.24) is 0 Å². The molecule has 6 atom stereocenters. The highest BCUT2D eigenvalue weighted by Crippen LogP contribution is 2.44. The zero-order valence-electron chi connectivity index (χ0n) is 17.9. The maximum absolute atomic E-state index is 12.3. The van der Waals surface area contributed by atoms with Crippen LogP contribution in [0.2, 0.25) is 0 Å². The smallest absolute Gasteiger partial charge is 0.411 e. The van der Waals surface area contributed by atoms with Gasteiger partial charge >= 0.3 is 12.2 Å². The first-order valence-corrected chi connectivity index (χ1v) is 11.4.